The fraction of sp³-hybridized carbons (Fsp3) is 0.185. The number of benzene rings is 3. The Balaban J connectivity index is 1.65. The fourth-order valence-electron chi connectivity index (χ4n) is 4.34. The number of fused-ring (bicyclic) bond motifs is 2. The summed E-state index contributed by atoms with van der Waals surface area (Å²) in [4.78, 5) is 28.9. The second-order valence-electron chi connectivity index (χ2n) is 8.00. The summed E-state index contributed by atoms with van der Waals surface area (Å²) in [6.45, 7) is 2.79. The summed E-state index contributed by atoms with van der Waals surface area (Å²) < 4.78 is 17.6. The van der Waals surface area contributed by atoms with Gasteiger partial charge in [0.2, 0.25) is 5.76 Å². The Hall–Kier alpha value is -3.58. The van der Waals surface area contributed by atoms with Gasteiger partial charge in [0.25, 0.3) is 5.91 Å². The third-order valence-corrected chi connectivity index (χ3v) is 6.44. The molecule has 3 aromatic carbocycles. The van der Waals surface area contributed by atoms with Crippen molar-refractivity contribution in [2.24, 2.45) is 0 Å². The van der Waals surface area contributed by atoms with Crippen LogP contribution in [0.4, 0.5) is 0 Å². The van der Waals surface area contributed by atoms with Crippen molar-refractivity contribution in [3.63, 3.8) is 0 Å². The van der Waals surface area contributed by atoms with Crippen LogP contribution >= 0.6 is 15.9 Å². The van der Waals surface area contributed by atoms with Gasteiger partial charge in [0.15, 0.2) is 5.43 Å². The van der Waals surface area contributed by atoms with E-state index >= 15 is 0 Å². The molecule has 0 saturated carbocycles. The molecule has 0 bridgehead atoms. The second-order valence-corrected chi connectivity index (χ2v) is 8.92. The SMILES string of the molecule is CCOc1ccc(C2c3c(oc4ccc(Br)cc4c3=O)C(=O)N2Cc2ccc(OC)cc2)cc1. The van der Waals surface area contributed by atoms with E-state index < -0.39 is 6.04 Å². The third-order valence-electron chi connectivity index (χ3n) is 5.95. The molecule has 0 aliphatic carbocycles. The number of halogens is 1. The number of carbonyl (C=O) groups excluding carboxylic acids is 1. The van der Waals surface area contributed by atoms with E-state index in [1.807, 2.05) is 55.5 Å². The zero-order valence-electron chi connectivity index (χ0n) is 18.7. The molecule has 34 heavy (non-hydrogen) atoms. The van der Waals surface area contributed by atoms with E-state index in [4.69, 9.17) is 13.9 Å². The molecule has 1 aromatic heterocycles. The Morgan fingerprint density at radius 1 is 0.971 bits per heavy atom. The van der Waals surface area contributed by atoms with Crippen molar-refractivity contribution >= 4 is 32.8 Å². The molecule has 1 aliphatic rings. The van der Waals surface area contributed by atoms with Gasteiger partial charge in [-0.1, -0.05) is 40.2 Å². The standard InChI is InChI=1S/C27H22BrNO5/c1-3-33-20-11-6-17(7-12-20)24-23-25(30)21-14-18(28)8-13-22(21)34-26(23)27(31)29(24)15-16-4-9-19(32-2)10-5-16/h4-14,24H,3,15H2,1-2H3. The normalized spacial score (nSPS) is 15.0. The quantitative estimate of drug-likeness (QED) is 0.326. The molecule has 0 saturated heterocycles. The van der Waals surface area contributed by atoms with Crippen molar-refractivity contribution in [2.45, 2.75) is 19.5 Å². The summed E-state index contributed by atoms with van der Waals surface area (Å²) in [6, 6.07) is 19.6. The first-order chi connectivity index (χ1) is 16.5. The molecule has 0 spiro atoms. The first-order valence-electron chi connectivity index (χ1n) is 10.9. The van der Waals surface area contributed by atoms with E-state index in [1.54, 1.807) is 30.2 Å². The van der Waals surface area contributed by atoms with Gasteiger partial charge in [-0.2, -0.15) is 0 Å². The van der Waals surface area contributed by atoms with Crippen LogP contribution in [0.5, 0.6) is 11.5 Å². The van der Waals surface area contributed by atoms with E-state index in [-0.39, 0.29) is 17.1 Å². The van der Waals surface area contributed by atoms with Gasteiger partial charge in [-0.25, -0.2) is 0 Å². The number of nitrogens with zero attached hydrogens (tertiary/aromatic N) is 1. The molecule has 4 aromatic rings. The number of rotatable bonds is 6. The average molecular weight is 520 g/mol. The van der Waals surface area contributed by atoms with Gasteiger partial charge in [0.1, 0.15) is 17.1 Å². The van der Waals surface area contributed by atoms with E-state index in [2.05, 4.69) is 15.9 Å². The molecule has 1 unspecified atom stereocenters. The molecular formula is C27H22BrNO5. The van der Waals surface area contributed by atoms with Crippen LogP contribution in [0.15, 0.2) is 80.4 Å². The Morgan fingerprint density at radius 2 is 1.68 bits per heavy atom. The van der Waals surface area contributed by atoms with Crippen molar-refractivity contribution in [3.05, 3.63) is 104 Å². The predicted octanol–water partition coefficient (Wildman–Crippen LogP) is 5.71. The lowest BCUT2D eigenvalue weighted by Crippen LogP contribution is -2.29. The van der Waals surface area contributed by atoms with Gasteiger partial charge in [-0.3, -0.25) is 9.59 Å². The van der Waals surface area contributed by atoms with Crippen LogP contribution < -0.4 is 14.9 Å². The first-order valence-corrected chi connectivity index (χ1v) is 11.7. The topological polar surface area (TPSA) is 69.0 Å². The van der Waals surface area contributed by atoms with Crippen LogP contribution in [-0.2, 0) is 6.54 Å². The van der Waals surface area contributed by atoms with E-state index in [9.17, 15) is 9.59 Å². The summed E-state index contributed by atoms with van der Waals surface area (Å²) in [5, 5.41) is 0.433. The van der Waals surface area contributed by atoms with Gasteiger partial charge in [-0.15, -0.1) is 0 Å². The lowest BCUT2D eigenvalue weighted by molar-refractivity contribution is 0.0714. The number of hydrogen-bond donors (Lipinski definition) is 0. The molecule has 0 fully saturated rings. The smallest absolute Gasteiger partial charge is 0.291 e. The molecular weight excluding hydrogens is 498 g/mol. The van der Waals surface area contributed by atoms with Crippen LogP contribution in [0, 0.1) is 0 Å². The van der Waals surface area contributed by atoms with Gasteiger partial charge >= 0.3 is 0 Å². The largest absolute Gasteiger partial charge is 0.497 e. The lowest BCUT2D eigenvalue weighted by atomic mass is 9.98. The Labute approximate surface area is 204 Å². The zero-order chi connectivity index (χ0) is 23.8. The highest BCUT2D eigenvalue weighted by Crippen LogP contribution is 2.40. The van der Waals surface area contributed by atoms with E-state index in [0.717, 1.165) is 27.1 Å². The second kappa shape index (κ2) is 8.99. The average Bonchev–Trinajstić information content (AvgIpc) is 3.12. The Morgan fingerprint density at radius 3 is 2.35 bits per heavy atom. The van der Waals surface area contributed by atoms with Crippen LogP contribution in [0.3, 0.4) is 0 Å². The minimum Gasteiger partial charge on any atom is -0.497 e. The number of ether oxygens (including phenoxy) is 2. The maximum absolute atomic E-state index is 13.7. The minimum atomic E-state index is -0.583. The lowest BCUT2D eigenvalue weighted by Gasteiger charge is -2.25. The van der Waals surface area contributed by atoms with Gasteiger partial charge in [0.05, 0.1) is 30.7 Å². The molecule has 0 radical (unpaired) electrons. The van der Waals surface area contributed by atoms with Gasteiger partial charge in [-0.05, 0) is 60.5 Å². The van der Waals surface area contributed by atoms with Crippen molar-refractivity contribution < 1.29 is 18.7 Å². The Kier molecular flexibility index (Phi) is 5.87. The van der Waals surface area contributed by atoms with Crippen molar-refractivity contribution in [1.82, 2.24) is 4.90 Å². The number of methoxy groups -OCH3 is 1. The maximum Gasteiger partial charge on any atom is 0.291 e. The highest BCUT2D eigenvalue weighted by molar-refractivity contribution is 9.10. The minimum absolute atomic E-state index is 0.0900. The third kappa shape index (κ3) is 3.86. The molecule has 2 heterocycles. The monoisotopic (exact) mass is 519 g/mol. The molecule has 5 rings (SSSR count). The van der Waals surface area contributed by atoms with Crippen molar-refractivity contribution in [2.75, 3.05) is 13.7 Å². The first kappa shape index (κ1) is 22.2. The molecule has 0 N–H and O–H groups in total. The van der Waals surface area contributed by atoms with Gasteiger partial charge < -0.3 is 18.8 Å². The fourth-order valence-corrected chi connectivity index (χ4v) is 4.70. The number of amides is 1. The Bertz CT molecular complexity index is 1430. The molecule has 6 nitrogen and oxygen atoms in total. The van der Waals surface area contributed by atoms with Crippen LogP contribution in [0.1, 0.15) is 40.2 Å². The van der Waals surface area contributed by atoms with Crippen molar-refractivity contribution in [1.29, 1.82) is 0 Å². The van der Waals surface area contributed by atoms with Crippen LogP contribution in [0.2, 0.25) is 0 Å². The van der Waals surface area contributed by atoms with Crippen LogP contribution in [0.25, 0.3) is 11.0 Å². The van der Waals surface area contributed by atoms with Crippen LogP contribution in [-0.4, -0.2) is 24.5 Å². The summed E-state index contributed by atoms with van der Waals surface area (Å²) in [5.41, 5.74) is 2.26. The molecule has 7 heteroatoms. The number of hydrogen-bond acceptors (Lipinski definition) is 5. The summed E-state index contributed by atoms with van der Waals surface area (Å²) in [5.74, 6) is 1.24. The van der Waals surface area contributed by atoms with E-state index in [0.29, 0.717) is 29.7 Å². The zero-order valence-corrected chi connectivity index (χ0v) is 20.3. The highest BCUT2D eigenvalue weighted by Gasteiger charge is 2.42. The predicted molar refractivity (Wildman–Crippen MR) is 133 cm³/mol. The summed E-state index contributed by atoms with van der Waals surface area (Å²) in [6.07, 6.45) is 0. The van der Waals surface area contributed by atoms with E-state index in [1.165, 1.54) is 0 Å². The van der Waals surface area contributed by atoms with Gasteiger partial charge in [0, 0.05) is 11.0 Å². The highest BCUT2D eigenvalue weighted by atomic mass is 79.9. The number of carbonyl (C=O) groups is 1. The maximum atomic E-state index is 13.7. The summed E-state index contributed by atoms with van der Waals surface area (Å²) >= 11 is 3.43. The molecule has 1 amide bonds. The summed E-state index contributed by atoms with van der Waals surface area (Å²) in [7, 11) is 1.61. The molecule has 1 aliphatic heterocycles. The molecule has 1 atom stereocenters. The van der Waals surface area contributed by atoms with Crippen molar-refractivity contribution in [3.8, 4) is 11.5 Å². The molecule has 172 valence electrons.